The number of aliphatic hydroxyl groups is 1. The predicted octanol–water partition coefficient (Wildman–Crippen LogP) is 1.61. The molecule has 2 rings (SSSR count). The molecule has 0 atom stereocenters. The Labute approximate surface area is 112 Å². The Kier molecular flexibility index (Phi) is 4.24. The molecule has 0 aliphatic carbocycles. The summed E-state index contributed by atoms with van der Waals surface area (Å²) in [6.07, 6.45) is 0. The number of hydrogen-bond acceptors (Lipinski definition) is 5. The van der Waals surface area contributed by atoms with Crippen LogP contribution in [0.15, 0.2) is 24.3 Å². The smallest absolute Gasteiger partial charge is 0.282 e. The van der Waals surface area contributed by atoms with Gasteiger partial charge in [0.1, 0.15) is 0 Å². The molecule has 0 unspecified atom stereocenters. The number of benzene rings is 1. The van der Waals surface area contributed by atoms with Crippen molar-refractivity contribution in [2.75, 3.05) is 0 Å². The van der Waals surface area contributed by atoms with Crippen LogP contribution in [0.3, 0.4) is 0 Å². The molecule has 0 aliphatic rings. The number of aliphatic hydroxyl groups excluding tert-OH is 1. The topological polar surface area (TPSA) is 75.1 Å². The monoisotopic (exact) mass is 283 g/mol. The average Bonchev–Trinajstić information content (AvgIpc) is 2.83. The lowest BCUT2D eigenvalue weighted by Gasteiger charge is -2.03. The van der Waals surface area contributed by atoms with Crippen molar-refractivity contribution in [2.45, 2.75) is 13.2 Å². The van der Waals surface area contributed by atoms with Crippen LogP contribution in [-0.2, 0) is 13.2 Å². The molecule has 94 valence electrons. The van der Waals surface area contributed by atoms with Gasteiger partial charge in [0.2, 0.25) is 9.47 Å². The summed E-state index contributed by atoms with van der Waals surface area (Å²) < 4.78 is 0.243. The van der Waals surface area contributed by atoms with Crippen LogP contribution in [0.5, 0.6) is 0 Å². The summed E-state index contributed by atoms with van der Waals surface area (Å²) >= 11 is 6.63. The molecular formula is C11H10ClN3O2S. The van der Waals surface area contributed by atoms with Gasteiger partial charge in [-0.15, -0.1) is 10.2 Å². The molecule has 5 nitrogen and oxygen atoms in total. The SMILES string of the molecule is O=C(NCc1ccc(CO)cc1)c1nnc(Cl)s1. The zero-order valence-electron chi connectivity index (χ0n) is 9.26. The van der Waals surface area contributed by atoms with Crippen LogP contribution in [-0.4, -0.2) is 21.2 Å². The highest BCUT2D eigenvalue weighted by atomic mass is 35.5. The van der Waals surface area contributed by atoms with Crippen molar-refractivity contribution < 1.29 is 9.90 Å². The molecule has 0 aliphatic heterocycles. The quantitative estimate of drug-likeness (QED) is 0.894. The summed E-state index contributed by atoms with van der Waals surface area (Å²) in [7, 11) is 0. The van der Waals surface area contributed by atoms with Crippen molar-refractivity contribution >= 4 is 28.8 Å². The fraction of sp³-hybridized carbons (Fsp3) is 0.182. The molecule has 18 heavy (non-hydrogen) atoms. The van der Waals surface area contributed by atoms with Crippen LogP contribution in [0, 0.1) is 0 Å². The van der Waals surface area contributed by atoms with Crippen LogP contribution in [0.2, 0.25) is 4.47 Å². The van der Waals surface area contributed by atoms with Gasteiger partial charge in [-0.3, -0.25) is 4.79 Å². The third-order valence-electron chi connectivity index (χ3n) is 2.25. The van der Waals surface area contributed by atoms with E-state index in [0.29, 0.717) is 6.54 Å². The fourth-order valence-electron chi connectivity index (χ4n) is 1.32. The van der Waals surface area contributed by atoms with E-state index in [1.54, 1.807) is 0 Å². The second-order valence-electron chi connectivity index (χ2n) is 3.52. The number of nitrogens with zero attached hydrogens (tertiary/aromatic N) is 2. The van der Waals surface area contributed by atoms with Crippen LogP contribution >= 0.6 is 22.9 Å². The van der Waals surface area contributed by atoms with E-state index in [1.165, 1.54) is 0 Å². The lowest BCUT2D eigenvalue weighted by atomic mass is 10.1. The molecule has 2 aromatic rings. The second-order valence-corrected chi connectivity index (χ2v) is 5.08. The first-order valence-electron chi connectivity index (χ1n) is 5.15. The largest absolute Gasteiger partial charge is 0.392 e. The Bertz CT molecular complexity index is 541. The van der Waals surface area contributed by atoms with Crippen LogP contribution < -0.4 is 5.32 Å². The van der Waals surface area contributed by atoms with Crippen LogP contribution in [0.4, 0.5) is 0 Å². The molecule has 2 N–H and O–H groups in total. The maximum Gasteiger partial charge on any atom is 0.282 e. The van der Waals surface area contributed by atoms with Crippen LogP contribution in [0.1, 0.15) is 20.9 Å². The Morgan fingerprint density at radius 1 is 1.28 bits per heavy atom. The van der Waals surface area contributed by atoms with E-state index in [0.717, 1.165) is 22.5 Å². The first-order chi connectivity index (χ1) is 8.69. The van der Waals surface area contributed by atoms with Gasteiger partial charge >= 0.3 is 0 Å². The first kappa shape index (κ1) is 12.9. The van der Waals surface area contributed by atoms with Crippen molar-refractivity contribution in [3.8, 4) is 0 Å². The summed E-state index contributed by atoms with van der Waals surface area (Å²) in [4.78, 5) is 11.7. The minimum Gasteiger partial charge on any atom is -0.392 e. The second kappa shape index (κ2) is 5.90. The van der Waals surface area contributed by atoms with E-state index < -0.39 is 0 Å². The van der Waals surface area contributed by atoms with Crippen molar-refractivity contribution in [3.63, 3.8) is 0 Å². The number of hydrogen-bond donors (Lipinski definition) is 2. The molecule has 0 saturated heterocycles. The highest BCUT2D eigenvalue weighted by molar-refractivity contribution is 7.17. The number of aromatic nitrogens is 2. The van der Waals surface area contributed by atoms with Gasteiger partial charge in [0.15, 0.2) is 0 Å². The van der Waals surface area contributed by atoms with E-state index >= 15 is 0 Å². The molecule has 0 radical (unpaired) electrons. The van der Waals surface area contributed by atoms with Crippen molar-refractivity contribution in [2.24, 2.45) is 0 Å². The number of rotatable bonds is 4. The maximum absolute atomic E-state index is 11.7. The molecule has 7 heteroatoms. The zero-order valence-corrected chi connectivity index (χ0v) is 10.8. The Hall–Kier alpha value is -1.50. The van der Waals surface area contributed by atoms with Gasteiger partial charge in [-0.2, -0.15) is 0 Å². The normalized spacial score (nSPS) is 10.3. The molecular weight excluding hydrogens is 274 g/mol. The van der Waals surface area contributed by atoms with E-state index in [9.17, 15) is 4.79 Å². The summed E-state index contributed by atoms with van der Waals surface area (Å²) in [5.74, 6) is -0.300. The Morgan fingerprint density at radius 2 is 1.94 bits per heavy atom. The summed E-state index contributed by atoms with van der Waals surface area (Å²) in [6, 6.07) is 7.31. The molecule has 0 bridgehead atoms. The standard InChI is InChI=1S/C11H10ClN3O2S/c12-11-15-14-10(18-11)9(17)13-5-7-1-3-8(6-16)4-2-7/h1-4,16H,5-6H2,(H,13,17). The number of carbonyl (C=O) groups is 1. The fourth-order valence-corrected chi connectivity index (χ4v) is 2.06. The number of halogens is 1. The molecule has 0 saturated carbocycles. The molecule has 1 amide bonds. The summed E-state index contributed by atoms with van der Waals surface area (Å²) in [5.41, 5.74) is 1.78. The van der Waals surface area contributed by atoms with Crippen molar-refractivity contribution in [1.29, 1.82) is 0 Å². The Balaban J connectivity index is 1.92. The molecule has 1 aromatic carbocycles. The number of nitrogens with one attached hydrogen (secondary N) is 1. The molecule has 1 aromatic heterocycles. The maximum atomic E-state index is 11.7. The summed E-state index contributed by atoms with van der Waals surface area (Å²) in [6.45, 7) is 0.400. The highest BCUT2D eigenvalue weighted by Gasteiger charge is 2.11. The zero-order chi connectivity index (χ0) is 13.0. The summed E-state index contributed by atoms with van der Waals surface area (Å²) in [5, 5.41) is 19.1. The van der Waals surface area contributed by atoms with Gasteiger partial charge in [-0.05, 0) is 22.7 Å². The van der Waals surface area contributed by atoms with Gasteiger partial charge in [-0.25, -0.2) is 0 Å². The minimum atomic E-state index is -0.300. The van der Waals surface area contributed by atoms with E-state index in [4.69, 9.17) is 16.7 Å². The molecule has 0 fully saturated rings. The minimum absolute atomic E-state index is 0.00984. The third kappa shape index (κ3) is 3.25. The van der Waals surface area contributed by atoms with E-state index in [-0.39, 0.29) is 22.0 Å². The van der Waals surface area contributed by atoms with E-state index in [1.807, 2.05) is 24.3 Å². The van der Waals surface area contributed by atoms with Gasteiger partial charge < -0.3 is 10.4 Å². The van der Waals surface area contributed by atoms with Crippen LogP contribution in [0.25, 0.3) is 0 Å². The predicted molar refractivity (Wildman–Crippen MR) is 68.5 cm³/mol. The lowest BCUT2D eigenvalue weighted by molar-refractivity contribution is 0.0950. The van der Waals surface area contributed by atoms with Gasteiger partial charge in [0.05, 0.1) is 6.61 Å². The van der Waals surface area contributed by atoms with Gasteiger partial charge in [0.25, 0.3) is 5.91 Å². The first-order valence-corrected chi connectivity index (χ1v) is 6.34. The third-order valence-corrected chi connectivity index (χ3v) is 3.27. The number of amides is 1. The van der Waals surface area contributed by atoms with Gasteiger partial charge in [0, 0.05) is 6.54 Å². The van der Waals surface area contributed by atoms with Crippen molar-refractivity contribution in [3.05, 3.63) is 44.9 Å². The van der Waals surface area contributed by atoms with Gasteiger partial charge in [-0.1, -0.05) is 35.6 Å². The molecule has 1 heterocycles. The highest BCUT2D eigenvalue weighted by Crippen LogP contribution is 2.14. The van der Waals surface area contributed by atoms with E-state index in [2.05, 4.69) is 15.5 Å². The average molecular weight is 284 g/mol. The molecule has 0 spiro atoms. The lowest BCUT2D eigenvalue weighted by Crippen LogP contribution is -2.22. The van der Waals surface area contributed by atoms with Crippen molar-refractivity contribution in [1.82, 2.24) is 15.5 Å². The number of carbonyl (C=O) groups excluding carboxylic acids is 1. The Morgan fingerprint density at radius 3 is 2.50 bits per heavy atom.